The smallest absolute Gasteiger partial charge is 0.257 e. The molecule has 0 spiro atoms. The lowest BCUT2D eigenvalue weighted by molar-refractivity contribution is 0.0977. The molecule has 2 N–H and O–H groups in total. The van der Waals surface area contributed by atoms with Crippen LogP contribution in [0.1, 0.15) is 10.4 Å². The van der Waals surface area contributed by atoms with Crippen molar-refractivity contribution in [1.82, 2.24) is 5.32 Å². The van der Waals surface area contributed by atoms with E-state index in [4.69, 9.17) is 28.6 Å². The minimum absolute atomic E-state index is 0.227. The highest BCUT2D eigenvalue weighted by molar-refractivity contribution is 14.1. The molecule has 5 nitrogen and oxygen atoms in total. The molecular weight excluding hydrogens is 485 g/mol. The molecule has 1 saturated heterocycles. The van der Waals surface area contributed by atoms with Crippen LogP contribution in [0.4, 0.5) is 11.4 Å². The monoisotopic (exact) mass is 501 g/mol. The van der Waals surface area contributed by atoms with Gasteiger partial charge < -0.3 is 15.0 Å². The maximum Gasteiger partial charge on any atom is 0.257 e. The Kier molecular flexibility index (Phi) is 6.68. The van der Waals surface area contributed by atoms with Crippen molar-refractivity contribution >= 4 is 68.8 Å². The lowest BCUT2D eigenvalue weighted by Gasteiger charge is -2.30. The summed E-state index contributed by atoms with van der Waals surface area (Å²) >= 11 is 13.6. The highest BCUT2D eigenvalue weighted by Crippen LogP contribution is 2.29. The Bertz CT molecular complexity index is 828. The first-order valence-corrected chi connectivity index (χ1v) is 9.89. The Morgan fingerprint density at radius 3 is 2.69 bits per heavy atom. The van der Waals surface area contributed by atoms with Gasteiger partial charge in [-0.15, -0.1) is 0 Å². The summed E-state index contributed by atoms with van der Waals surface area (Å²) in [5.74, 6) is -0.254. The summed E-state index contributed by atoms with van der Waals surface area (Å²) in [5.41, 5.74) is 2.29. The van der Waals surface area contributed by atoms with Gasteiger partial charge in [0, 0.05) is 27.2 Å². The van der Waals surface area contributed by atoms with Crippen LogP contribution in [0, 0.1) is 3.57 Å². The number of carbonyl (C=O) groups excluding carboxylic acids is 1. The number of amides is 1. The van der Waals surface area contributed by atoms with E-state index < -0.39 is 0 Å². The number of carbonyl (C=O) groups is 1. The molecule has 1 aliphatic rings. The average Bonchev–Trinajstić information content (AvgIpc) is 2.62. The summed E-state index contributed by atoms with van der Waals surface area (Å²) in [6.45, 7) is 2.93. The molecule has 1 fully saturated rings. The second-order valence-electron chi connectivity index (χ2n) is 5.68. The number of hydrogen-bond acceptors (Lipinski definition) is 4. The largest absolute Gasteiger partial charge is 0.378 e. The number of thiocarbonyl (C=S) groups is 1. The number of nitrogens with zero attached hydrogens (tertiary/aromatic N) is 1. The molecule has 0 bridgehead atoms. The van der Waals surface area contributed by atoms with Crippen LogP contribution in [0.15, 0.2) is 42.5 Å². The summed E-state index contributed by atoms with van der Waals surface area (Å²) in [5, 5.41) is 6.63. The Hall–Kier alpha value is -1.42. The minimum Gasteiger partial charge on any atom is -0.378 e. The first-order chi connectivity index (χ1) is 12.5. The van der Waals surface area contributed by atoms with E-state index in [9.17, 15) is 4.79 Å². The van der Waals surface area contributed by atoms with Crippen LogP contribution in [-0.4, -0.2) is 37.3 Å². The standard InChI is InChI=1S/C18H17ClIN3O2S/c19-13-4-5-16(23-6-8-25-9-7-23)15(11-13)21-18(26)22-17(24)12-2-1-3-14(20)10-12/h1-5,10-11H,6-9H2,(H2,21,22,24,26). The molecule has 1 aliphatic heterocycles. The molecule has 26 heavy (non-hydrogen) atoms. The zero-order valence-electron chi connectivity index (χ0n) is 13.8. The van der Waals surface area contributed by atoms with E-state index in [0.29, 0.717) is 23.8 Å². The quantitative estimate of drug-likeness (QED) is 0.493. The van der Waals surface area contributed by atoms with Gasteiger partial charge in [-0.05, 0) is 71.2 Å². The molecule has 2 aromatic rings. The van der Waals surface area contributed by atoms with Crippen LogP contribution in [0.5, 0.6) is 0 Å². The maximum atomic E-state index is 12.4. The van der Waals surface area contributed by atoms with Crippen LogP contribution in [0.25, 0.3) is 0 Å². The van der Waals surface area contributed by atoms with Gasteiger partial charge in [0.05, 0.1) is 24.6 Å². The van der Waals surface area contributed by atoms with Gasteiger partial charge in [0.25, 0.3) is 5.91 Å². The average molecular weight is 502 g/mol. The highest BCUT2D eigenvalue weighted by Gasteiger charge is 2.16. The molecule has 136 valence electrons. The topological polar surface area (TPSA) is 53.6 Å². The second kappa shape index (κ2) is 8.98. The van der Waals surface area contributed by atoms with Crippen LogP contribution in [-0.2, 0) is 4.74 Å². The van der Waals surface area contributed by atoms with E-state index in [-0.39, 0.29) is 11.0 Å². The summed E-state index contributed by atoms with van der Waals surface area (Å²) in [6.07, 6.45) is 0. The number of anilines is 2. The van der Waals surface area contributed by atoms with Crippen molar-refractivity contribution in [2.75, 3.05) is 36.5 Å². The number of nitrogens with one attached hydrogen (secondary N) is 2. The van der Waals surface area contributed by atoms with Gasteiger partial charge in [0.15, 0.2) is 5.11 Å². The van der Waals surface area contributed by atoms with Crippen LogP contribution in [0.2, 0.25) is 5.02 Å². The van der Waals surface area contributed by atoms with Crippen molar-refractivity contribution in [2.24, 2.45) is 0 Å². The Labute approximate surface area is 176 Å². The predicted octanol–water partition coefficient (Wildman–Crippen LogP) is 3.91. The van der Waals surface area contributed by atoms with Gasteiger partial charge in [0.1, 0.15) is 0 Å². The fraction of sp³-hybridized carbons (Fsp3) is 0.222. The van der Waals surface area contributed by atoms with Crippen molar-refractivity contribution in [3.63, 3.8) is 0 Å². The third kappa shape index (κ3) is 5.06. The molecule has 0 saturated carbocycles. The van der Waals surface area contributed by atoms with Crippen molar-refractivity contribution in [3.8, 4) is 0 Å². The van der Waals surface area contributed by atoms with Gasteiger partial charge in [0.2, 0.25) is 0 Å². The molecule has 3 rings (SSSR count). The van der Waals surface area contributed by atoms with E-state index in [2.05, 4.69) is 38.1 Å². The number of morpholine rings is 1. The van der Waals surface area contributed by atoms with Crippen molar-refractivity contribution in [3.05, 3.63) is 56.6 Å². The summed E-state index contributed by atoms with van der Waals surface area (Å²) in [7, 11) is 0. The van der Waals surface area contributed by atoms with E-state index in [1.807, 2.05) is 24.3 Å². The molecule has 0 aromatic heterocycles. The fourth-order valence-corrected chi connectivity index (χ4v) is 3.56. The molecule has 8 heteroatoms. The minimum atomic E-state index is -0.254. The zero-order valence-corrected chi connectivity index (χ0v) is 17.5. The van der Waals surface area contributed by atoms with Gasteiger partial charge in [-0.25, -0.2) is 0 Å². The van der Waals surface area contributed by atoms with Crippen molar-refractivity contribution in [2.45, 2.75) is 0 Å². The van der Waals surface area contributed by atoms with Gasteiger partial charge in [-0.2, -0.15) is 0 Å². The lowest BCUT2D eigenvalue weighted by atomic mass is 10.2. The summed E-state index contributed by atoms with van der Waals surface area (Å²) < 4.78 is 6.39. The van der Waals surface area contributed by atoms with Gasteiger partial charge in [-0.3, -0.25) is 10.1 Å². The van der Waals surface area contributed by atoms with Crippen LogP contribution < -0.4 is 15.5 Å². The number of benzene rings is 2. The third-order valence-corrected chi connectivity index (χ3v) is 4.98. The first kappa shape index (κ1) is 19.3. The molecule has 0 aliphatic carbocycles. The van der Waals surface area contributed by atoms with E-state index in [1.54, 1.807) is 18.2 Å². The van der Waals surface area contributed by atoms with Crippen LogP contribution >= 0.6 is 46.4 Å². The SMILES string of the molecule is O=C(NC(=S)Nc1cc(Cl)ccc1N1CCOCC1)c1cccc(I)c1. The van der Waals surface area contributed by atoms with E-state index >= 15 is 0 Å². The molecule has 0 atom stereocenters. The van der Waals surface area contributed by atoms with Crippen LogP contribution in [0.3, 0.4) is 0 Å². The zero-order chi connectivity index (χ0) is 18.5. The second-order valence-corrected chi connectivity index (χ2v) is 7.77. The predicted molar refractivity (Wildman–Crippen MR) is 117 cm³/mol. The Balaban J connectivity index is 1.72. The summed E-state index contributed by atoms with van der Waals surface area (Å²) in [4.78, 5) is 14.6. The number of rotatable bonds is 3. The lowest BCUT2D eigenvalue weighted by Crippen LogP contribution is -2.38. The normalized spacial score (nSPS) is 14.0. The highest BCUT2D eigenvalue weighted by atomic mass is 127. The van der Waals surface area contributed by atoms with E-state index in [1.165, 1.54) is 0 Å². The molecular formula is C18H17ClIN3O2S. The Morgan fingerprint density at radius 2 is 1.96 bits per heavy atom. The number of halogens is 2. The number of ether oxygens (including phenoxy) is 1. The molecule has 2 aromatic carbocycles. The molecule has 1 heterocycles. The molecule has 1 amide bonds. The van der Waals surface area contributed by atoms with Gasteiger partial charge in [-0.1, -0.05) is 17.7 Å². The maximum absolute atomic E-state index is 12.4. The van der Waals surface area contributed by atoms with Gasteiger partial charge >= 0.3 is 0 Å². The summed E-state index contributed by atoms with van der Waals surface area (Å²) in [6, 6.07) is 12.9. The Morgan fingerprint density at radius 1 is 1.19 bits per heavy atom. The third-order valence-electron chi connectivity index (χ3n) is 3.87. The van der Waals surface area contributed by atoms with Crippen molar-refractivity contribution < 1.29 is 9.53 Å². The van der Waals surface area contributed by atoms with Crippen molar-refractivity contribution in [1.29, 1.82) is 0 Å². The fourth-order valence-electron chi connectivity index (χ4n) is 2.65. The van der Waals surface area contributed by atoms with E-state index in [0.717, 1.165) is 28.0 Å². The number of hydrogen-bond donors (Lipinski definition) is 2. The molecule has 0 radical (unpaired) electrons. The molecule has 0 unspecified atom stereocenters. The first-order valence-electron chi connectivity index (χ1n) is 8.03.